The van der Waals surface area contributed by atoms with Crippen LogP contribution in [0, 0.1) is 0 Å². The van der Waals surface area contributed by atoms with Crippen LogP contribution < -0.4 is 0 Å². The molecule has 0 aromatic carbocycles. The molecule has 1 atom stereocenters. The number of carbonyl (C=O) groups is 1. The number of allylic oxidation sites excluding steroid dienone is 1. The van der Waals surface area contributed by atoms with Gasteiger partial charge in [-0.25, -0.2) is 4.79 Å². The van der Waals surface area contributed by atoms with E-state index in [9.17, 15) is 4.79 Å². The van der Waals surface area contributed by atoms with Gasteiger partial charge in [-0.1, -0.05) is 6.58 Å². The van der Waals surface area contributed by atoms with Gasteiger partial charge < -0.3 is 4.74 Å². The number of hydrogen-bond acceptors (Lipinski definition) is 3. The van der Waals surface area contributed by atoms with E-state index < -0.39 is 6.04 Å². The van der Waals surface area contributed by atoms with Crippen molar-refractivity contribution in [3.05, 3.63) is 24.5 Å². The first-order valence-corrected chi connectivity index (χ1v) is 4.93. The Morgan fingerprint density at radius 2 is 2.40 bits per heavy atom. The highest BCUT2D eigenvalue weighted by Crippen LogP contribution is 2.13. The van der Waals surface area contributed by atoms with Gasteiger partial charge in [0.2, 0.25) is 0 Å². The maximum atomic E-state index is 11.4. The highest BCUT2D eigenvalue weighted by Gasteiger charge is 2.16. The summed E-state index contributed by atoms with van der Waals surface area (Å²) in [6, 6.07) is -0.391. The van der Waals surface area contributed by atoms with Crippen molar-refractivity contribution in [3.63, 3.8) is 0 Å². The Kier molecular flexibility index (Phi) is 3.66. The molecule has 0 radical (unpaired) electrons. The minimum Gasteiger partial charge on any atom is -0.464 e. The van der Waals surface area contributed by atoms with Gasteiger partial charge in [0, 0.05) is 11.8 Å². The van der Waals surface area contributed by atoms with Gasteiger partial charge in [-0.3, -0.25) is 4.68 Å². The molecule has 1 unspecified atom stereocenters. The van der Waals surface area contributed by atoms with Crippen molar-refractivity contribution >= 4 is 11.5 Å². The largest absolute Gasteiger partial charge is 0.464 e. The van der Waals surface area contributed by atoms with Gasteiger partial charge in [0.15, 0.2) is 0 Å². The molecule has 1 aromatic rings. The fourth-order valence-corrected chi connectivity index (χ4v) is 1.14. The van der Waals surface area contributed by atoms with Crippen LogP contribution in [0.5, 0.6) is 0 Å². The molecule has 1 rings (SSSR count). The van der Waals surface area contributed by atoms with Crippen molar-refractivity contribution in [1.82, 2.24) is 9.78 Å². The number of aromatic nitrogens is 2. The minimum absolute atomic E-state index is 0.270. The fraction of sp³-hybridized carbons (Fsp3) is 0.455. The van der Waals surface area contributed by atoms with Crippen LogP contribution in [0.25, 0.3) is 5.57 Å². The van der Waals surface area contributed by atoms with E-state index in [0.29, 0.717) is 6.61 Å². The maximum absolute atomic E-state index is 11.4. The first-order valence-electron chi connectivity index (χ1n) is 4.93. The third kappa shape index (κ3) is 2.68. The summed E-state index contributed by atoms with van der Waals surface area (Å²) >= 11 is 0. The maximum Gasteiger partial charge on any atom is 0.330 e. The summed E-state index contributed by atoms with van der Waals surface area (Å²) in [5, 5.41) is 4.10. The molecule has 4 nitrogen and oxygen atoms in total. The zero-order chi connectivity index (χ0) is 11.4. The van der Waals surface area contributed by atoms with Gasteiger partial charge in [-0.05, 0) is 26.3 Å². The van der Waals surface area contributed by atoms with Crippen LogP contribution >= 0.6 is 0 Å². The van der Waals surface area contributed by atoms with Gasteiger partial charge in [0.05, 0.1) is 12.8 Å². The molecule has 0 fully saturated rings. The monoisotopic (exact) mass is 208 g/mol. The van der Waals surface area contributed by atoms with Crippen molar-refractivity contribution in [2.75, 3.05) is 6.61 Å². The van der Waals surface area contributed by atoms with Gasteiger partial charge >= 0.3 is 5.97 Å². The zero-order valence-electron chi connectivity index (χ0n) is 9.36. The lowest BCUT2D eigenvalue weighted by Gasteiger charge is -2.10. The number of esters is 1. The second-order valence-electron chi connectivity index (χ2n) is 3.42. The van der Waals surface area contributed by atoms with E-state index in [0.717, 1.165) is 11.1 Å². The van der Waals surface area contributed by atoms with E-state index in [2.05, 4.69) is 11.7 Å². The Morgan fingerprint density at radius 1 is 1.73 bits per heavy atom. The molecule has 1 aromatic heterocycles. The summed E-state index contributed by atoms with van der Waals surface area (Å²) in [6.07, 6.45) is 3.49. The van der Waals surface area contributed by atoms with Crippen molar-refractivity contribution in [2.45, 2.75) is 26.8 Å². The molecule has 0 bridgehead atoms. The lowest BCUT2D eigenvalue weighted by molar-refractivity contribution is -0.146. The molecule has 1 heterocycles. The Bertz CT molecular complexity index is 368. The van der Waals surface area contributed by atoms with E-state index in [-0.39, 0.29) is 5.97 Å². The van der Waals surface area contributed by atoms with Gasteiger partial charge in [0.1, 0.15) is 6.04 Å². The summed E-state index contributed by atoms with van der Waals surface area (Å²) < 4.78 is 6.49. The van der Waals surface area contributed by atoms with Crippen LogP contribution in [0.1, 0.15) is 32.4 Å². The normalized spacial score (nSPS) is 12.2. The number of nitrogens with zero attached hydrogens (tertiary/aromatic N) is 2. The molecule has 0 N–H and O–H groups in total. The fourth-order valence-electron chi connectivity index (χ4n) is 1.14. The Labute approximate surface area is 89.5 Å². The van der Waals surface area contributed by atoms with E-state index >= 15 is 0 Å². The van der Waals surface area contributed by atoms with E-state index in [1.165, 1.54) is 0 Å². The first-order chi connectivity index (χ1) is 7.06. The van der Waals surface area contributed by atoms with Crippen molar-refractivity contribution < 1.29 is 9.53 Å². The van der Waals surface area contributed by atoms with Gasteiger partial charge in [0.25, 0.3) is 0 Å². The van der Waals surface area contributed by atoms with E-state index in [4.69, 9.17) is 4.74 Å². The molecule has 0 saturated carbocycles. The highest BCUT2D eigenvalue weighted by atomic mass is 16.5. The molecular weight excluding hydrogens is 192 g/mol. The van der Waals surface area contributed by atoms with Crippen molar-refractivity contribution in [1.29, 1.82) is 0 Å². The van der Waals surface area contributed by atoms with Gasteiger partial charge in [-0.2, -0.15) is 5.10 Å². The Hall–Kier alpha value is -1.58. The molecular formula is C11H16N2O2. The molecule has 0 aliphatic heterocycles. The lowest BCUT2D eigenvalue weighted by atomic mass is 10.2. The molecule has 0 aliphatic carbocycles. The third-order valence-electron chi connectivity index (χ3n) is 2.12. The lowest BCUT2D eigenvalue weighted by Crippen LogP contribution is -2.19. The topological polar surface area (TPSA) is 44.1 Å². The summed E-state index contributed by atoms with van der Waals surface area (Å²) in [5.74, 6) is -0.270. The predicted molar refractivity (Wildman–Crippen MR) is 58.3 cm³/mol. The molecule has 0 amide bonds. The smallest absolute Gasteiger partial charge is 0.330 e. The number of hydrogen-bond donors (Lipinski definition) is 0. The van der Waals surface area contributed by atoms with Crippen LogP contribution in [0.15, 0.2) is 19.0 Å². The van der Waals surface area contributed by atoms with Crippen LogP contribution in [-0.4, -0.2) is 22.4 Å². The molecule has 0 aliphatic rings. The number of rotatable bonds is 4. The van der Waals surface area contributed by atoms with Crippen LogP contribution in [0.3, 0.4) is 0 Å². The predicted octanol–water partition coefficient (Wildman–Crippen LogP) is 2.04. The zero-order valence-corrected chi connectivity index (χ0v) is 9.36. The first kappa shape index (κ1) is 11.5. The average Bonchev–Trinajstić information content (AvgIpc) is 2.65. The summed E-state index contributed by atoms with van der Waals surface area (Å²) in [5.41, 5.74) is 1.86. The summed E-state index contributed by atoms with van der Waals surface area (Å²) in [6.45, 7) is 9.64. The summed E-state index contributed by atoms with van der Waals surface area (Å²) in [4.78, 5) is 11.4. The Balaban J connectivity index is 2.78. The third-order valence-corrected chi connectivity index (χ3v) is 2.12. The standard InChI is InChI=1S/C11H16N2O2/c1-5-15-11(14)9(4)13-7-10(6-12-13)8(2)3/h6-7,9H,2,5H2,1,3-4H3. The SMILES string of the molecule is C=C(C)c1cnn(C(C)C(=O)OCC)c1. The van der Waals surface area contributed by atoms with E-state index in [1.54, 1.807) is 30.9 Å². The number of ether oxygens (including phenoxy) is 1. The highest BCUT2D eigenvalue weighted by molar-refractivity contribution is 5.73. The molecule has 15 heavy (non-hydrogen) atoms. The van der Waals surface area contributed by atoms with Crippen LogP contribution in [0.4, 0.5) is 0 Å². The quantitative estimate of drug-likeness (QED) is 0.711. The molecule has 0 spiro atoms. The van der Waals surface area contributed by atoms with E-state index in [1.807, 2.05) is 6.92 Å². The molecule has 82 valence electrons. The second kappa shape index (κ2) is 4.77. The molecule has 4 heteroatoms. The van der Waals surface area contributed by atoms with Crippen molar-refractivity contribution in [3.8, 4) is 0 Å². The Morgan fingerprint density at radius 3 is 2.87 bits per heavy atom. The van der Waals surface area contributed by atoms with Crippen LogP contribution in [0.2, 0.25) is 0 Å². The van der Waals surface area contributed by atoms with Crippen molar-refractivity contribution in [2.24, 2.45) is 0 Å². The van der Waals surface area contributed by atoms with Crippen LogP contribution in [-0.2, 0) is 9.53 Å². The molecule has 0 saturated heterocycles. The second-order valence-corrected chi connectivity index (χ2v) is 3.42. The summed E-state index contributed by atoms with van der Waals surface area (Å²) in [7, 11) is 0. The number of carbonyl (C=O) groups excluding carboxylic acids is 1. The minimum atomic E-state index is -0.391. The average molecular weight is 208 g/mol. The van der Waals surface area contributed by atoms with Gasteiger partial charge in [-0.15, -0.1) is 0 Å².